The van der Waals surface area contributed by atoms with Crippen LogP contribution in [-0.2, 0) is 13.2 Å². The molecule has 2 rings (SSSR count). The average Bonchev–Trinajstić information content (AvgIpc) is 2.38. The monoisotopic (exact) mass is 310 g/mol. The van der Waals surface area contributed by atoms with Gasteiger partial charge in [0.15, 0.2) is 0 Å². The Morgan fingerprint density at radius 2 is 2.11 bits per heavy atom. The molecule has 0 bridgehead atoms. The van der Waals surface area contributed by atoms with E-state index in [9.17, 15) is 4.39 Å². The summed E-state index contributed by atoms with van der Waals surface area (Å²) in [7, 11) is 0. The molecule has 0 radical (unpaired) electrons. The quantitative estimate of drug-likeness (QED) is 0.944. The van der Waals surface area contributed by atoms with Crippen molar-refractivity contribution in [3.8, 4) is 5.75 Å². The number of aromatic nitrogens is 1. The van der Waals surface area contributed by atoms with Gasteiger partial charge in [-0.25, -0.2) is 4.39 Å². The van der Waals surface area contributed by atoms with E-state index in [0.29, 0.717) is 17.0 Å². The molecule has 0 atom stereocenters. The first kappa shape index (κ1) is 13.0. The minimum absolute atomic E-state index is 0.151. The fourth-order valence-corrected chi connectivity index (χ4v) is 1.81. The van der Waals surface area contributed by atoms with Gasteiger partial charge in [0, 0.05) is 22.8 Å². The highest BCUT2D eigenvalue weighted by molar-refractivity contribution is 9.10. The van der Waals surface area contributed by atoms with Crippen molar-refractivity contribution in [1.29, 1.82) is 0 Å². The lowest BCUT2D eigenvalue weighted by molar-refractivity contribution is 0.295. The molecule has 0 aliphatic rings. The Hall–Kier alpha value is -1.46. The van der Waals surface area contributed by atoms with Gasteiger partial charge in [-0.2, -0.15) is 0 Å². The van der Waals surface area contributed by atoms with Crippen LogP contribution in [0.5, 0.6) is 5.75 Å². The lowest BCUT2D eigenvalue weighted by atomic mass is 10.2. The van der Waals surface area contributed by atoms with E-state index in [1.807, 2.05) is 0 Å². The molecule has 0 saturated heterocycles. The number of hydrogen-bond donors (Lipinski definition) is 1. The molecule has 1 heterocycles. The number of pyridine rings is 1. The Bertz CT molecular complexity index is 548. The highest BCUT2D eigenvalue weighted by atomic mass is 79.9. The zero-order valence-corrected chi connectivity index (χ0v) is 11.2. The van der Waals surface area contributed by atoms with E-state index in [0.717, 1.165) is 4.47 Å². The number of hydrogen-bond acceptors (Lipinski definition) is 3. The predicted molar refractivity (Wildman–Crippen MR) is 70.6 cm³/mol. The van der Waals surface area contributed by atoms with Crippen molar-refractivity contribution < 1.29 is 9.13 Å². The fourth-order valence-electron chi connectivity index (χ4n) is 1.50. The smallest absolute Gasteiger partial charge is 0.143 e. The summed E-state index contributed by atoms with van der Waals surface area (Å²) in [6.07, 6.45) is 1.65. The van der Waals surface area contributed by atoms with Crippen LogP contribution >= 0.6 is 15.9 Å². The lowest BCUT2D eigenvalue weighted by Crippen LogP contribution is -2.05. The normalized spacial score (nSPS) is 10.4. The molecule has 5 heteroatoms. The van der Waals surface area contributed by atoms with Crippen molar-refractivity contribution in [2.24, 2.45) is 5.73 Å². The summed E-state index contributed by atoms with van der Waals surface area (Å²) in [6.45, 7) is 0.428. The van der Waals surface area contributed by atoms with Crippen LogP contribution in [0.2, 0.25) is 0 Å². The molecule has 0 spiro atoms. The van der Waals surface area contributed by atoms with Crippen LogP contribution in [-0.4, -0.2) is 4.98 Å². The van der Waals surface area contributed by atoms with Gasteiger partial charge in [0.2, 0.25) is 0 Å². The fraction of sp³-hybridized carbons (Fsp3) is 0.154. The van der Waals surface area contributed by atoms with E-state index in [2.05, 4.69) is 20.9 Å². The molecule has 2 aromatic rings. The number of nitrogens with zero attached hydrogens (tertiary/aromatic N) is 1. The first-order valence-electron chi connectivity index (χ1n) is 5.41. The maximum Gasteiger partial charge on any atom is 0.143 e. The molecule has 3 nitrogen and oxygen atoms in total. The van der Waals surface area contributed by atoms with E-state index in [4.69, 9.17) is 10.5 Å². The van der Waals surface area contributed by atoms with Gasteiger partial charge < -0.3 is 10.5 Å². The van der Waals surface area contributed by atoms with Crippen LogP contribution in [0.1, 0.15) is 11.3 Å². The second-order valence-electron chi connectivity index (χ2n) is 3.68. The summed E-state index contributed by atoms with van der Waals surface area (Å²) in [5.41, 5.74) is 6.72. The number of nitrogens with two attached hydrogens (primary N) is 1. The van der Waals surface area contributed by atoms with Crippen LogP contribution in [0.15, 0.2) is 41.0 Å². The third-order valence-corrected chi connectivity index (χ3v) is 2.87. The van der Waals surface area contributed by atoms with Gasteiger partial charge in [-0.15, -0.1) is 0 Å². The molecule has 0 fully saturated rings. The minimum Gasteiger partial charge on any atom is -0.487 e. The number of halogens is 2. The van der Waals surface area contributed by atoms with Crippen LogP contribution in [0.3, 0.4) is 0 Å². The average molecular weight is 311 g/mol. The molecule has 1 aromatic heterocycles. The Labute approximate surface area is 113 Å². The predicted octanol–water partition coefficient (Wildman–Crippen LogP) is 3.02. The summed E-state index contributed by atoms with van der Waals surface area (Å²) in [6, 6.07) is 8.27. The SMILES string of the molecule is NCc1ncc(Br)cc1OCc1ccccc1F. The summed E-state index contributed by atoms with van der Waals surface area (Å²) >= 11 is 3.31. The first-order valence-corrected chi connectivity index (χ1v) is 6.20. The van der Waals surface area contributed by atoms with Crippen LogP contribution in [0.25, 0.3) is 0 Å². The van der Waals surface area contributed by atoms with Gasteiger partial charge in [-0.3, -0.25) is 4.98 Å². The van der Waals surface area contributed by atoms with E-state index in [-0.39, 0.29) is 19.0 Å². The topological polar surface area (TPSA) is 48.1 Å². The van der Waals surface area contributed by atoms with Gasteiger partial charge in [-0.1, -0.05) is 18.2 Å². The van der Waals surface area contributed by atoms with Crippen molar-refractivity contribution in [2.75, 3.05) is 0 Å². The van der Waals surface area contributed by atoms with E-state index in [1.54, 1.807) is 30.5 Å². The standard InChI is InChI=1S/C13H12BrFN2O/c14-10-5-13(12(6-16)17-7-10)18-8-9-3-1-2-4-11(9)15/h1-5,7H,6,8,16H2. The van der Waals surface area contributed by atoms with Gasteiger partial charge in [0.25, 0.3) is 0 Å². The molecule has 0 saturated carbocycles. The maximum atomic E-state index is 13.4. The van der Waals surface area contributed by atoms with Crippen molar-refractivity contribution in [3.63, 3.8) is 0 Å². The van der Waals surface area contributed by atoms with E-state index < -0.39 is 0 Å². The Morgan fingerprint density at radius 3 is 2.83 bits per heavy atom. The molecular weight excluding hydrogens is 299 g/mol. The summed E-state index contributed by atoms with van der Waals surface area (Å²) in [5, 5.41) is 0. The first-order chi connectivity index (χ1) is 8.70. The molecule has 0 aliphatic carbocycles. The molecule has 0 unspecified atom stereocenters. The summed E-state index contributed by atoms with van der Waals surface area (Å²) < 4.78 is 19.8. The molecule has 94 valence electrons. The zero-order valence-electron chi connectivity index (χ0n) is 9.57. The zero-order chi connectivity index (χ0) is 13.0. The van der Waals surface area contributed by atoms with Crippen LogP contribution < -0.4 is 10.5 Å². The third kappa shape index (κ3) is 3.05. The maximum absolute atomic E-state index is 13.4. The van der Waals surface area contributed by atoms with E-state index >= 15 is 0 Å². The second kappa shape index (κ2) is 5.93. The van der Waals surface area contributed by atoms with Crippen LogP contribution in [0.4, 0.5) is 4.39 Å². The van der Waals surface area contributed by atoms with Crippen molar-refractivity contribution in [3.05, 3.63) is 58.1 Å². The van der Waals surface area contributed by atoms with Gasteiger partial charge in [0.05, 0.1) is 5.69 Å². The lowest BCUT2D eigenvalue weighted by Gasteiger charge is -2.10. The molecular formula is C13H12BrFN2O. The minimum atomic E-state index is -0.283. The Kier molecular flexibility index (Phi) is 4.28. The molecule has 2 N–H and O–H groups in total. The van der Waals surface area contributed by atoms with Crippen molar-refractivity contribution in [1.82, 2.24) is 4.98 Å². The van der Waals surface area contributed by atoms with Gasteiger partial charge in [0.1, 0.15) is 18.2 Å². The second-order valence-corrected chi connectivity index (χ2v) is 4.60. The molecule has 1 aromatic carbocycles. The third-order valence-electron chi connectivity index (χ3n) is 2.43. The van der Waals surface area contributed by atoms with Crippen molar-refractivity contribution >= 4 is 15.9 Å². The van der Waals surface area contributed by atoms with Gasteiger partial charge >= 0.3 is 0 Å². The summed E-state index contributed by atoms with van der Waals surface area (Å²) in [4.78, 5) is 4.14. The molecule has 0 amide bonds. The molecule has 18 heavy (non-hydrogen) atoms. The molecule has 0 aliphatic heterocycles. The highest BCUT2D eigenvalue weighted by Crippen LogP contribution is 2.22. The largest absolute Gasteiger partial charge is 0.487 e. The number of rotatable bonds is 4. The number of benzene rings is 1. The Morgan fingerprint density at radius 1 is 1.33 bits per heavy atom. The highest BCUT2D eigenvalue weighted by Gasteiger charge is 2.07. The summed E-state index contributed by atoms with van der Waals surface area (Å²) in [5.74, 6) is 0.282. The van der Waals surface area contributed by atoms with Crippen LogP contribution in [0, 0.1) is 5.82 Å². The van der Waals surface area contributed by atoms with Gasteiger partial charge in [-0.05, 0) is 28.1 Å². The number of ether oxygens (including phenoxy) is 1. The van der Waals surface area contributed by atoms with E-state index in [1.165, 1.54) is 6.07 Å². The Balaban J connectivity index is 2.15. The van der Waals surface area contributed by atoms with Crippen molar-refractivity contribution in [2.45, 2.75) is 13.2 Å².